The van der Waals surface area contributed by atoms with Crippen molar-refractivity contribution in [3.8, 4) is 0 Å². The molecule has 0 unspecified atom stereocenters. The van der Waals surface area contributed by atoms with Crippen molar-refractivity contribution < 1.29 is 9.63 Å². The van der Waals surface area contributed by atoms with Crippen molar-refractivity contribution in [1.82, 2.24) is 15.4 Å². The fourth-order valence-electron chi connectivity index (χ4n) is 0.706. The minimum Gasteiger partial charge on any atom is -0.303 e. The molecule has 1 aromatic rings. The zero-order valence-corrected chi connectivity index (χ0v) is 7.37. The molecule has 6 heteroatoms. The summed E-state index contributed by atoms with van der Waals surface area (Å²) >= 11 is 0. The van der Waals surface area contributed by atoms with Crippen molar-refractivity contribution in [3.63, 3.8) is 0 Å². The Bertz CT molecular complexity index is 285. The van der Waals surface area contributed by atoms with Crippen LogP contribution in [0.2, 0.25) is 0 Å². The number of carbonyl (C=O) groups excluding carboxylic acids is 1. The molecule has 0 aliphatic carbocycles. The number of hydroxylamine groups is 1. The van der Waals surface area contributed by atoms with Crippen LogP contribution in [-0.4, -0.2) is 23.1 Å². The van der Waals surface area contributed by atoms with Crippen molar-refractivity contribution in [2.75, 3.05) is 12.4 Å². The van der Waals surface area contributed by atoms with Gasteiger partial charge in [-0.25, -0.2) is 20.2 Å². The van der Waals surface area contributed by atoms with Crippen LogP contribution in [0.5, 0.6) is 0 Å². The minimum atomic E-state index is -0.463. The monoisotopic (exact) mass is 182 g/mol. The molecule has 6 nitrogen and oxygen atoms in total. The highest BCUT2D eigenvalue weighted by atomic mass is 16.6. The topological polar surface area (TPSA) is 76.1 Å². The third-order valence-corrected chi connectivity index (χ3v) is 1.23. The van der Waals surface area contributed by atoms with E-state index >= 15 is 0 Å². The van der Waals surface area contributed by atoms with E-state index in [0.29, 0.717) is 11.5 Å². The number of aromatic nitrogens is 2. The van der Waals surface area contributed by atoms with Gasteiger partial charge in [0.2, 0.25) is 0 Å². The molecule has 0 aromatic carbocycles. The number of hydrogen-bond acceptors (Lipinski definition) is 4. The van der Waals surface area contributed by atoms with Crippen molar-refractivity contribution in [2.45, 2.75) is 6.92 Å². The lowest BCUT2D eigenvalue weighted by Crippen LogP contribution is -2.27. The van der Waals surface area contributed by atoms with Gasteiger partial charge in [0, 0.05) is 0 Å². The Morgan fingerprint density at radius 3 is 2.62 bits per heavy atom. The molecule has 0 aliphatic heterocycles. The summed E-state index contributed by atoms with van der Waals surface area (Å²) in [5.74, 6) is 0.651. The predicted octanol–water partition coefficient (Wildman–Crippen LogP) is 0.468. The second-order valence-electron chi connectivity index (χ2n) is 2.28. The van der Waals surface area contributed by atoms with Gasteiger partial charge >= 0.3 is 6.03 Å². The molecule has 2 N–H and O–H groups in total. The lowest BCUT2D eigenvalue weighted by atomic mass is 10.5. The van der Waals surface area contributed by atoms with Crippen molar-refractivity contribution >= 4 is 11.7 Å². The molecule has 0 spiro atoms. The molecule has 70 valence electrons. The maximum absolute atomic E-state index is 10.9. The minimum absolute atomic E-state index is 0.463. The molecule has 0 aliphatic rings. The molecular formula is C7H10N4O2. The number of rotatable bonds is 2. The van der Waals surface area contributed by atoms with Crippen LogP contribution in [0, 0.1) is 6.92 Å². The van der Waals surface area contributed by atoms with Crippen LogP contribution in [0.25, 0.3) is 0 Å². The Balaban J connectivity index is 2.54. The van der Waals surface area contributed by atoms with Gasteiger partial charge in [0.1, 0.15) is 5.82 Å². The van der Waals surface area contributed by atoms with E-state index in [1.165, 1.54) is 19.5 Å². The van der Waals surface area contributed by atoms with Gasteiger partial charge in [-0.15, -0.1) is 0 Å². The third kappa shape index (κ3) is 3.04. The van der Waals surface area contributed by atoms with Gasteiger partial charge < -0.3 is 5.32 Å². The number of amides is 2. The third-order valence-electron chi connectivity index (χ3n) is 1.23. The first-order valence-corrected chi connectivity index (χ1v) is 3.61. The summed E-state index contributed by atoms with van der Waals surface area (Å²) in [6, 6.07) is -0.463. The maximum atomic E-state index is 10.9. The van der Waals surface area contributed by atoms with Crippen LogP contribution >= 0.6 is 0 Å². The Morgan fingerprint density at radius 2 is 2.08 bits per heavy atom. The van der Waals surface area contributed by atoms with Gasteiger partial charge in [-0.05, 0) is 6.92 Å². The molecule has 0 saturated heterocycles. The van der Waals surface area contributed by atoms with Gasteiger partial charge in [0.15, 0.2) is 0 Å². The summed E-state index contributed by atoms with van der Waals surface area (Å²) in [5.41, 5.74) is 2.62. The van der Waals surface area contributed by atoms with Crippen molar-refractivity contribution in [1.29, 1.82) is 0 Å². The van der Waals surface area contributed by atoms with E-state index in [0.717, 1.165) is 0 Å². The second kappa shape index (κ2) is 4.36. The van der Waals surface area contributed by atoms with E-state index in [9.17, 15) is 4.79 Å². The highest BCUT2D eigenvalue weighted by Crippen LogP contribution is 2.01. The van der Waals surface area contributed by atoms with Crippen LogP contribution in [0.15, 0.2) is 12.4 Å². The Labute approximate surface area is 75.3 Å². The average Bonchev–Trinajstić information content (AvgIpc) is 2.09. The van der Waals surface area contributed by atoms with Gasteiger partial charge in [-0.3, -0.25) is 4.84 Å². The Morgan fingerprint density at radius 1 is 1.46 bits per heavy atom. The highest BCUT2D eigenvalue weighted by Gasteiger charge is 1.99. The quantitative estimate of drug-likeness (QED) is 0.652. The summed E-state index contributed by atoms with van der Waals surface area (Å²) < 4.78 is 0. The second-order valence-corrected chi connectivity index (χ2v) is 2.28. The Hall–Kier alpha value is -1.69. The largest absolute Gasteiger partial charge is 0.343 e. The van der Waals surface area contributed by atoms with Crippen LogP contribution in [-0.2, 0) is 4.84 Å². The van der Waals surface area contributed by atoms with E-state index in [4.69, 9.17) is 0 Å². The molecule has 0 bridgehead atoms. The molecule has 0 atom stereocenters. The molecule has 0 fully saturated rings. The van der Waals surface area contributed by atoms with Gasteiger partial charge in [-0.2, -0.15) is 0 Å². The number of urea groups is 1. The molecule has 13 heavy (non-hydrogen) atoms. The van der Waals surface area contributed by atoms with E-state index < -0.39 is 6.03 Å². The molecular weight excluding hydrogens is 172 g/mol. The number of nitrogens with one attached hydrogen (secondary N) is 2. The van der Waals surface area contributed by atoms with Crippen LogP contribution in [0.4, 0.5) is 10.5 Å². The number of nitrogens with zero attached hydrogens (tertiary/aromatic N) is 2. The summed E-state index contributed by atoms with van der Waals surface area (Å²) in [5, 5.41) is 2.47. The molecule has 1 aromatic heterocycles. The van der Waals surface area contributed by atoms with Crippen molar-refractivity contribution in [3.05, 3.63) is 18.2 Å². The molecule has 2 amide bonds. The molecule has 0 radical (unpaired) electrons. The maximum Gasteiger partial charge on any atom is 0.343 e. The smallest absolute Gasteiger partial charge is 0.303 e. The predicted molar refractivity (Wildman–Crippen MR) is 45.9 cm³/mol. The van der Waals surface area contributed by atoms with Crippen LogP contribution < -0.4 is 10.8 Å². The highest BCUT2D eigenvalue weighted by molar-refractivity contribution is 5.87. The van der Waals surface area contributed by atoms with E-state index in [1.54, 1.807) is 6.92 Å². The number of carbonyl (C=O) groups is 1. The Kier molecular flexibility index (Phi) is 3.15. The fourth-order valence-corrected chi connectivity index (χ4v) is 0.706. The normalized spacial score (nSPS) is 9.38. The van der Waals surface area contributed by atoms with Crippen LogP contribution in [0.1, 0.15) is 5.82 Å². The SMILES string of the molecule is CONC(=O)Nc1cnc(C)nc1. The molecule has 1 heterocycles. The number of anilines is 1. The number of aryl methyl sites for hydroxylation is 1. The van der Waals surface area contributed by atoms with E-state index in [-0.39, 0.29) is 0 Å². The van der Waals surface area contributed by atoms with E-state index in [2.05, 4.69) is 25.6 Å². The molecule has 1 rings (SSSR count). The molecule has 0 saturated carbocycles. The first-order chi connectivity index (χ1) is 6.22. The van der Waals surface area contributed by atoms with Crippen molar-refractivity contribution in [2.24, 2.45) is 0 Å². The fraction of sp³-hybridized carbons (Fsp3) is 0.286. The van der Waals surface area contributed by atoms with Gasteiger partial charge in [0.05, 0.1) is 25.2 Å². The number of hydrogen-bond donors (Lipinski definition) is 2. The van der Waals surface area contributed by atoms with E-state index in [1.807, 2.05) is 0 Å². The lowest BCUT2D eigenvalue weighted by Gasteiger charge is -2.03. The standard InChI is InChI=1S/C7H10N4O2/c1-5-8-3-6(4-9-5)10-7(12)11-13-2/h3-4H,1-2H3,(H2,10,11,12). The van der Waals surface area contributed by atoms with Gasteiger partial charge in [0.25, 0.3) is 0 Å². The zero-order chi connectivity index (χ0) is 9.68. The first kappa shape index (κ1) is 9.40. The summed E-state index contributed by atoms with van der Waals surface area (Å²) in [6.07, 6.45) is 3.02. The summed E-state index contributed by atoms with van der Waals surface area (Å²) in [6.45, 7) is 1.76. The summed E-state index contributed by atoms with van der Waals surface area (Å²) in [4.78, 5) is 23.1. The lowest BCUT2D eigenvalue weighted by molar-refractivity contribution is 0.114. The van der Waals surface area contributed by atoms with Crippen LogP contribution in [0.3, 0.4) is 0 Å². The first-order valence-electron chi connectivity index (χ1n) is 3.61. The summed E-state index contributed by atoms with van der Waals surface area (Å²) in [7, 11) is 1.35. The van der Waals surface area contributed by atoms with Gasteiger partial charge in [-0.1, -0.05) is 0 Å². The zero-order valence-electron chi connectivity index (χ0n) is 7.37. The average molecular weight is 182 g/mol.